The van der Waals surface area contributed by atoms with Crippen molar-refractivity contribution in [3.63, 3.8) is 0 Å². The fourth-order valence-electron chi connectivity index (χ4n) is 3.21. The Bertz CT molecular complexity index is 951. The summed E-state index contributed by atoms with van der Waals surface area (Å²) in [5, 5.41) is 2.68. The molecule has 1 saturated heterocycles. The van der Waals surface area contributed by atoms with E-state index in [2.05, 4.69) is 5.32 Å². The number of rotatable bonds is 7. The number of hydrogen-bond acceptors (Lipinski definition) is 5. The molecule has 1 aliphatic heterocycles. The highest BCUT2D eigenvalue weighted by atomic mass is 16.5. The van der Waals surface area contributed by atoms with Crippen LogP contribution in [-0.2, 0) is 25.7 Å². The zero-order chi connectivity index (χ0) is 21.7. The van der Waals surface area contributed by atoms with Crippen LogP contribution in [0.1, 0.15) is 34.8 Å². The van der Waals surface area contributed by atoms with Gasteiger partial charge in [-0.2, -0.15) is 0 Å². The predicted octanol–water partition coefficient (Wildman–Crippen LogP) is 2.41. The summed E-state index contributed by atoms with van der Waals surface area (Å²) >= 11 is 0. The van der Waals surface area contributed by atoms with E-state index in [1.165, 1.54) is 6.92 Å². The molecule has 30 heavy (non-hydrogen) atoms. The molecule has 0 aromatic heterocycles. The van der Waals surface area contributed by atoms with Crippen LogP contribution >= 0.6 is 0 Å². The van der Waals surface area contributed by atoms with Crippen molar-refractivity contribution in [1.29, 1.82) is 0 Å². The lowest BCUT2D eigenvalue weighted by molar-refractivity contribution is -0.147. The van der Waals surface area contributed by atoms with Gasteiger partial charge in [0.05, 0.1) is 5.92 Å². The zero-order valence-corrected chi connectivity index (χ0v) is 17.0. The van der Waals surface area contributed by atoms with Gasteiger partial charge in [0.2, 0.25) is 11.8 Å². The van der Waals surface area contributed by atoms with Gasteiger partial charge in [0.15, 0.2) is 12.4 Å². The number of ketones is 1. The number of hydrogen-bond donors (Lipinski definition) is 1. The summed E-state index contributed by atoms with van der Waals surface area (Å²) in [7, 11) is 0. The number of amides is 2. The van der Waals surface area contributed by atoms with Crippen molar-refractivity contribution in [1.82, 2.24) is 5.32 Å². The van der Waals surface area contributed by atoms with Crippen LogP contribution in [0, 0.1) is 12.8 Å². The van der Waals surface area contributed by atoms with Crippen LogP contribution in [0.15, 0.2) is 48.5 Å². The van der Waals surface area contributed by atoms with Gasteiger partial charge in [0.1, 0.15) is 0 Å². The van der Waals surface area contributed by atoms with Crippen molar-refractivity contribution in [3.8, 4) is 0 Å². The summed E-state index contributed by atoms with van der Waals surface area (Å²) in [6.07, 6.45) is 0.0682. The number of carbonyl (C=O) groups excluding carboxylic acids is 4. The van der Waals surface area contributed by atoms with Gasteiger partial charge in [-0.15, -0.1) is 0 Å². The van der Waals surface area contributed by atoms with Crippen LogP contribution in [0.2, 0.25) is 0 Å². The van der Waals surface area contributed by atoms with E-state index in [9.17, 15) is 19.2 Å². The second-order valence-corrected chi connectivity index (χ2v) is 7.38. The molecule has 0 aliphatic carbocycles. The summed E-state index contributed by atoms with van der Waals surface area (Å²) < 4.78 is 5.18. The topological polar surface area (TPSA) is 92.8 Å². The average molecular weight is 408 g/mol. The summed E-state index contributed by atoms with van der Waals surface area (Å²) in [6, 6.07) is 14.3. The summed E-state index contributed by atoms with van der Waals surface area (Å²) in [6.45, 7) is 3.64. The first kappa shape index (κ1) is 21.2. The van der Waals surface area contributed by atoms with E-state index >= 15 is 0 Å². The van der Waals surface area contributed by atoms with E-state index in [1.807, 2.05) is 31.2 Å². The van der Waals surface area contributed by atoms with Crippen LogP contribution in [-0.4, -0.2) is 36.7 Å². The SMILES string of the molecule is CC(=O)NCc1ccc(C(=O)COC(=O)[C@H]2CC(=O)N(c3ccc(C)cc3)C2)cc1. The van der Waals surface area contributed by atoms with Gasteiger partial charge >= 0.3 is 5.97 Å². The monoisotopic (exact) mass is 408 g/mol. The van der Waals surface area contributed by atoms with E-state index in [4.69, 9.17) is 4.74 Å². The molecule has 1 fully saturated rings. The highest BCUT2D eigenvalue weighted by Crippen LogP contribution is 2.26. The highest BCUT2D eigenvalue weighted by Gasteiger charge is 2.36. The number of nitrogens with one attached hydrogen (secondary N) is 1. The second-order valence-electron chi connectivity index (χ2n) is 7.38. The fraction of sp³-hybridized carbons (Fsp3) is 0.304. The van der Waals surface area contributed by atoms with Gasteiger partial charge in [-0.3, -0.25) is 19.2 Å². The molecule has 2 amide bonds. The Morgan fingerprint density at radius 2 is 1.73 bits per heavy atom. The normalized spacial score (nSPS) is 15.7. The minimum absolute atomic E-state index is 0.0682. The number of esters is 1. The average Bonchev–Trinajstić information content (AvgIpc) is 3.13. The molecule has 1 aliphatic rings. The summed E-state index contributed by atoms with van der Waals surface area (Å²) in [4.78, 5) is 49.5. The second kappa shape index (κ2) is 9.35. The van der Waals surface area contributed by atoms with Gasteiger partial charge in [-0.25, -0.2) is 0 Å². The largest absolute Gasteiger partial charge is 0.457 e. The van der Waals surface area contributed by atoms with Crippen LogP contribution in [0.25, 0.3) is 0 Å². The van der Waals surface area contributed by atoms with Gasteiger partial charge in [-0.05, 0) is 24.6 Å². The Labute approximate surface area is 175 Å². The maximum absolute atomic E-state index is 12.4. The number of ether oxygens (including phenoxy) is 1. The van der Waals surface area contributed by atoms with E-state index in [-0.39, 0.29) is 37.2 Å². The quantitative estimate of drug-likeness (QED) is 0.561. The van der Waals surface area contributed by atoms with Crippen molar-refractivity contribution >= 4 is 29.3 Å². The van der Waals surface area contributed by atoms with Crippen molar-refractivity contribution in [2.75, 3.05) is 18.1 Å². The van der Waals surface area contributed by atoms with Crippen molar-refractivity contribution < 1.29 is 23.9 Å². The molecule has 2 aromatic rings. The molecule has 1 atom stereocenters. The summed E-state index contributed by atoms with van der Waals surface area (Å²) in [5.41, 5.74) is 3.11. The molecule has 1 heterocycles. The number of carbonyl (C=O) groups is 4. The van der Waals surface area contributed by atoms with Crippen LogP contribution in [0.5, 0.6) is 0 Å². The van der Waals surface area contributed by atoms with Gasteiger partial charge in [-0.1, -0.05) is 42.0 Å². The number of aryl methyl sites for hydroxylation is 1. The van der Waals surface area contributed by atoms with E-state index < -0.39 is 11.9 Å². The van der Waals surface area contributed by atoms with Crippen LogP contribution in [0.4, 0.5) is 5.69 Å². The molecule has 7 heteroatoms. The maximum atomic E-state index is 12.4. The van der Waals surface area contributed by atoms with E-state index in [0.29, 0.717) is 12.1 Å². The van der Waals surface area contributed by atoms with Crippen LogP contribution in [0.3, 0.4) is 0 Å². The van der Waals surface area contributed by atoms with Crippen molar-refractivity contribution in [2.24, 2.45) is 5.92 Å². The van der Waals surface area contributed by atoms with E-state index in [1.54, 1.807) is 29.2 Å². The molecule has 2 aromatic carbocycles. The van der Waals surface area contributed by atoms with Crippen molar-refractivity contribution in [2.45, 2.75) is 26.8 Å². The lowest BCUT2D eigenvalue weighted by Crippen LogP contribution is -2.27. The molecule has 0 radical (unpaired) electrons. The lowest BCUT2D eigenvalue weighted by Gasteiger charge is -2.16. The maximum Gasteiger partial charge on any atom is 0.311 e. The Balaban J connectivity index is 1.51. The molecule has 3 rings (SSSR count). The summed E-state index contributed by atoms with van der Waals surface area (Å²) in [5.74, 6) is -1.73. The fourth-order valence-corrected chi connectivity index (χ4v) is 3.21. The molecular weight excluding hydrogens is 384 g/mol. The Morgan fingerprint density at radius 3 is 2.37 bits per heavy atom. The van der Waals surface area contributed by atoms with E-state index in [0.717, 1.165) is 16.8 Å². The standard InChI is InChI=1S/C23H24N2O5/c1-15-3-9-20(10-4-15)25-13-19(11-22(25)28)23(29)30-14-21(27)18-7-5-17(6-8-18)12-24-16(2)26/h3-10,19H,11-14H2,1-2H3,(H,24,26)/t19-/m0/s1. The third-order valence-electron chi connectivity index (χ3n) is 4.97. The van der Waals surface area contributed by atoms with Crippen LogP contribution < -0.4 is 10.2 Å². The molecule has 1 N–H and O–H groups in total. The number of nitrogens with zero attached hydrogens (tertiary/aromatic N) is 1. The number of Topliss-reactive ketones (excluding diaryl/α,β-unsaturated/α-hetero) is 1. The molecule has 0 unspecified atom stereocenters. The van der Waals surface area contributed by atoms with Gasteiger partial charge in [0.25, 0.3) is 0 Å². The minimum atomic E-state index is -0.591. The first-order valence-corrected chi connectivity index (χ1v) is 9.73. The number of anilines is 1. The Morgan fingerprint density at radius 1 is 1.07 bits per heavy atom. The Hall–Kier alpha value is -3.48. The van der Waals surface area contributed by atoms with Crippen molar-refractivity contribution in [3.05, 3.63) is 65.2 Å². The molecular formula is C23H24N2O5. The Kier molecular flexibility index (Phi) is 6.61. The lowest BCUT2D eigenvalue weighted by atomic mass is 10.1. The third kappa shape index (κ3) is 5.31. The third-order valence-corrected chi connectivity index (χ3v) is 4.97. The highest BCUT2D eigenvalue weighted by molar-refractivity contribution is 6.01. The molecule has 7 nitrogen and oxygen atoms in total. The molecule has 0 bridgehead atoms. The molecule has 156 valence electrons. The zero-order valence-electron chi connectivity index (χ0n) is 17.0. The number of benzene rings is 2. The first-order chi connectivity index (χ1) is 14.3. The smallest absolute Gasteiger partial charge is 0.311 e. The van der Waals surface area contributed by atoms with Gasteiger partial charge in [0, 0.05) is 37.7 Å². The molecule has 0 saturated carbocycles. The predicted molar refractivity (Wildman–Crippen MR) is 111 cm³/mol. The molecule has 0 spiro atoms. The van der Waals surface area contributed by atoms with Gasteiger partial charge < -0.3 is 15.0 Å². The first-order valence-electron chi connectivity index (χ1n) is 9.73. The minimum Gasteiger partial charge on any atom is -0.457 e.